The Labute approximate surface area is 153 Å². The Morgan fingerprint density at radius 1 is 1.00 bits per heavy atom. The van der Waals surface area contributed by atoms with Gasteiger partial charge in [0.1, 0.15) is 0 Å². The molecule has 0 aliphatic carbocycles. The van der Waals surface area contributed by atoms with Crippen molar-refractivity contribution in [1.82, 2.24) is 10.4 Å². The fourth-order valence-electron chi connectivity index (χ4n) is 2.33. The van der Waals surface area contributed by atoms with Gasteiger partial charge in [-0.25, -0.2) is 5.01 Å². The van der Waals surface area contributed by atoms with Crippen LogP contribution in [-0.2, 0) is 0 Å². The maximum Gasteiger partial charge on any atom is 0.274 e. The predicted molar refractivity (Wildman–Crippen MR) is 101 cm³/mol. The van der Waals surface area contributed by atoms with Crippen molar-refractivity contribution in [3.05, 3.63) is 69.7 Å². The number of carbonyl (C=O) groups excluding carboxylic acids is 2. The minimum absolute atomic E-state index is 0.335. The van der Waals surface area contributed by atoms with Crippen molar-refractivity contribution in [2.45, 2.75) is 40.2 Å². The summed E-state index contributed by atoms with van der Waals surface area (Å²) in [6.45, 7) is 9.48. The first-order valence-electron chi connectivity index (χ1n) is 8.08. The molecule has 0 saturated heterocycles. The standard InChI is InChI=1S/C20H23ClN2O2/c1-13-10-11-15(12-14(13)2)18(24)22-23(20(3,4)5)19(25)16-8-6-7-9-17(16)21/h6-12H,1-5H3,(H,22,24). The van der Waals surface area contributed by atoms with E-state index >= 15 is 0 Å². The molecule has 1 N–H and O–H groups in total. The van der Waals surface area contributed by atoms with Crippen LogP contribution in [0.15, 0.2) is 42.5 Å². The summed E-state index contributed by atoms with van der Waals surface area (Å²) >= 11 is 6.14. The van der Waals surface area contributed by atoms with Crippen LogP contribution in [0.5, 0.6) is 0 Å². The molecule has 4 nitrogen and oxygen atoms in total. The fourth-order valence-corrected chi connectivity index (χ4v) is 2.54. The van der Waals surface area contributed by atoms with Gasteiger partial charge in [0.2, 0.25) is 0 Å². The van der Waals surface area contributed by atoms with E-state index in [9.17, 15) is 9.59 Å². The quantitative estimate of drug-likeness (QED) is 0.801. The summed E-state index contributed by atoms with van der Waals surface area (Å²) in [5, 5.41) is 1.67. The molecule has 0 bridgehead atoms. The van der Waals surface area contributed by atoms with Crippen molar-refractivity contribution < 1.29 is 9.59 Å². The van der Waals surface area contributed by atoms with E-state index in [2.05, 4.69) is 5.43 Å². The third-order valence-corrected chi connectivity index (χ3v) is 4.29. The van der Waals surface area contributed by atoms with Gasteiger partial charge in [0.05, 0.1) is 16.1 Å². The number of amides is 2. The van der Waals surface area contributed by atoms with Gasteiger partial charge < -0.3 is 0 Å². The molecule has 0 unspecified atom stereocenters. The van der Waals surface area contributed by atoms with E-state index in [1.807, 2.05) is 46.8 Å². The molecule has 0 heterocycles. The number of rotatable bonds is 2. The lowest BCUT2D eigenvalue weighted by Crippen LogP contribution is -2.56. The minimum Gasteiger partial charge on any atom is -0.267 e. The van der Waals surface area contributed by atoms with Crippen molar-refractivity contribution in [3.63, 3.8) is 0 Å². The van der Waals surface area contributed by atoms with Crippen LogP contribution in [0.2, 0.25) is 5.02 Å². The molecular formula is C20H23ClN2O2. The van der Waals surface area contributed by atoms with E-state index in [1.54, 1.807) is 30.3 Å². The molecule has 0 aliphatic heterocycles. The number of nitrogens with one attached hydrogen (secondary N) is 1. The molecule has 5 heteroatoms. The number of carbonyl (C=O) groups is 2. The summed E-state index contributed by atoms with van der Waals surface area (Å²) in [7, 11) is 0. The predicted octanol–water partition coefficient (Wildman–Crippen LogP) is 4.54. The van der Waals surface area contributed by atoms with Crippen LogP contribution in [0.3, 0.4) is 0 Å². The van der Waals surface area contributed by atoms with Gasteiger partial charge in [-0.15, -0.1) is 0 Å². The van der Waals surface area contributed by atoms with Crippen LogP contribution in [0.4, 0.5) is 0 Å². The molecule has 0 atom stereocenters. The summed E-state index contributed by atoms with van der Waals surface area (Å²) in [6.07, 6.45) is 0. The summed E-state index contributed by atoms with van der Waals surface area (Å²) in [5.74, 6) is -0.686. The van der Waals surface area contributed by atoms with Gasteiger partial charge in [-0.2, -0.15) is 0 Å². The average Bonchev–Trinajstić information content (AvgIpc) is 2.53. The monoisotopic (exact) mass is 358 g/mol. The zero-order chi connectivity index (χ0) is 18.8. The van der Waals surface area contributed by atoms with Gasteiger partial charge in [0.25, 0.3) is 11.8 Å². The summed E-state index contributed by atoms with van der Waals surface area (Å²) in [4.78, 5) is 25.6. The van der Waals surface area contributed by atoms with Crippen LogP contribution >= 0.6 is 11.6 Å². The topological polar surface area (TPSA) is 49.4 Å². The second-order valence-electron chi connectivity index (χ2n) is 7.03. The van der Waals surface area contributed by atoms with Gasteiger partial charge in [0.15, 0.2) is 0 Å². The molecule has 0 radical (unpaired) electrons. The first kappa shape index (κ1) is 19.0. The number of aryl methyl sites for hydroxylation is 2. The van der Waals surface area contributed by atoms with Crippen molar-refractivity contribution >= 4 is 23.4 Å². The van der Waals surface area contributed by atoms with Crippen LogP contribution < -0.4 is 5.43 Å². The van der Waals surface area contributed by atoms with E-state index in [-0.39, 0.29) is 11.8 Å². The Balaban J connectivity index is 2.32. The van der Waals surface area contributed by atoms with Gasteiger partial charge in [-0.05, 0) is 70.0 Å². The number of benzene rings is 2. The third-order valence-electron chi connectivity index (χ3n) is 3.96. The van der Waals surface area contributed by atoms with Crippen LogP contribution in [0, 0.1) is 13.8 Å². The first-order chi connectivity index (χ1) is 11.6. The van der Waals surface area contributed by atoms with Gasteiger partial charge in [-0.3, -0.25) is 15.0 Å². The Bertz CT molecular complexity index is 810. The minimum atomic E-state index is -0.619. The van der Waals surface area contributed by atoms with E-state index in [0.29, 0.717) is 16.1 Å². The largest absolute Gasteiger partial charge is 0.274 e. The average molecular weight is 359 g/mol. The highest BCUT2D eigenvalue weighted by molar-refractivity contribution is 6.33. The van der Waals surface area contributed by atoms with Gasteiger partial charge in [0, 0.05) is 5.56 Å². The Morgan fingerprint density at radius 2 is 1.64 bits per heavy atom. The Kier molecular flexibility index (Phi) is 5.53. The summed E-state index contributed by atoms with van der Waals surface area (Å²) in [5.41, 5.74) is 5.09. The molecule has 2 rings (SSSR count). The van der Waals surface area contributed by atoms with E-state index in [4.69, 9.17) is 11.6 Å². The molecule has 2 aromatic carbocycles. The molecular weight excluding hydrogens is 336 g/mol. The Hall–Kier alpha value is -2.33. The molecule has 132 valence electrons. The van der Waals surface area contributed by atoms with Crippen LogP contribution in [0.1, 0.15) is 52.6 Å². The third kappa shape index (κ3) is 4.40. The zero-order valence-electron chi connectivity index (χ0n) is 15.2. The van der Waals surface area contributed by atoms with E-state index < -0.39 is 5.54 Å². The van der Waals surface area contributed by atoms with Crippen molar-refractivity contribution in [2.24, 2.45) is 0 Å². The summed E-state index contributed by atoms with van der Waals surface area (Å²) < 4.78 is 0. The Morgan fingerprint density at radius 3 is 2.20 bits per heavy atom. The number of hydrazine groups is 1. The second-order valence-corrected chi connectivity index (χ2v) is 7.44. The highest BCUT2D eigenvalue weighted by Gasteiger charge is 2.30. The number of nitrogens with zero attached hydrogens (tertiary/aromatic N) is 1. The lowest BCUT2D eigenvalue weighted by molar-refractivity contribution is 0.0359. The SMILES string of the molecule is Cc1ccc(C(=O)NN(C(=O)c2ccccc2Cl)C(C)(C)C)cc1C. The number of hydrogen-bond acceptors (Lipinski definition) is 2. The number of halogens is 1. The molecule has 0 saturated carbocycles. The van der Waals surface area contributed by atoms with Gasteiger partial charge in [-0.1, -0.05) is 29.8 Å². The van der Waals surface area contributed by atoms with Crippen LogP contribution in [-0.4, -0.2) is 22.4 Å². The highest BCUT2D eigenvalue weighted by atomic mass is 35.5. The summed E-state index contributed by atoms with van der Waals surface area (Å²) in [6, 6.07) is 12.2. The number of hydrogen-bond donors (Lipinski definition) is 1. The smallest absolute Gasteiger partial charge is 0.267 e. The normalized spacial score (nSPS) is 11.1. The van der Waals surface area contributed by atoms with Crippen molar-refractivity contribution in [3.8, 4) is 0 Å². The lowest BCUT2D eigenvalue weighted by Gasteiger charge is -2.35. The van der Waals surface area contributed by atoms with Crippen molar-refractivity contribution in [2.75, 3.05) is 0 Å². The lowest BCUT2D eigenvalue weighted by atomic mass is 10.0. The molecule has 0 aromatic heterocycles. The maximum absolute atomic E-state index is 12.9. The van der Waals surface area contributed by atoms with Crippen molar-refractivity contribution in [1.29, 1.82) is 0 Å². The fraction of sp³-hybridized carbons (Fsp3) is 0.300. The molecule has 0 fully saturated rings. The molecule has 25 heavy (non-hydrogen) atoms. The highest BCUT2D eigenvalue weighted by Crippen LogP contribution is 2.21. The van der Waals surface area contributed by atoms with E-state index in [0.717, 1.165) is 11.1 Å². The van der Waals surface area contributed by atoms with E-state index in [1.165, 1.54) is 5.01 Å². The molecule has 0 spiro atoms. The first-order valence-corrected chi connectivity index (χ1v) is 8.46. The van der Waals surface area contributed by atoms with Crippen LogP contribution in [0.25, 0.3) is 0 Å². The zero-order valence-corrected chi connectivity index (χ0v) is 15.9. The molecule has 0 aliphatic rings. The molecule has 2 aromatic rings. The molecule has 2 amide bonds. The second kappa shape index (κ2) is 7.28. The maximum atomic E-state index is 12.9. The van der Waals surface area contributed by atoms with Gasteiger partial charge >= 0.3 is 0 Å².